The van der Waals surface area contributed by atoms with Gasteiger partial charge >= 0.3 is 12.1 Å². The molecule has 0 saturated heterocycles. The maximum atomic E-state index is 12.3. The second-order valence-corrected chi connectivity index (χ2v) is 8.43. The number of carbonyl (C=O) groups is 2. The minimum Gasteiger partial charge on any atom is -0.488 e. The first-order valence-corrected chi connectivity index (χ1v) is 9.34. The molecule has 152 valence electrons. The summed E-state index contributed by atoms with van der Waals surface area (Å²) in [5.74, 6) is 0.272. The molecule has 1 rings (SSSR count). The molecule has 6 heteroatoms. The summed E-state index contributed by atoms with van der Waals surface area (Å²) in [5, 5.41) is 2.62. The van der Waals surface area contributed by atoms with E-state index in [2.05, 4.69) is 5.32 Å². The highest BCUT2D eigenvalue weighted by Gasteiger charge is 2.26. The molecular weight excluding hydrogens is 346 g/mol. The third-order valence-corrected chi connectivity index (χ3v) is 3.21. The topological polar surface area (TPSA) is 73.9 Å². The maximum Gasteiger partial charge on any atom is 0.408 e. The zero-order valence-corrected chi connectivity index (χ0v) is 17.5. The van der Waals surface area contributed by atoms with Gasteiger partial charge in [0.2, 0.25) is 0 Å². The Kier molecular flexibility index (Phi) is 8.13. The Labute approximate surface area is 162 Å². The van der Waals surface area contributed by atoms with E-state index in [4.69, 9.17) is 14.2 Å². The number of hydrogen-bond donors (Lipinski definition) is 1. The van der Waals surface area contributed by atoms with E-state index in [0.717, 1.165) is 11.3 Å². The van der Waals surface area contributed by atoms with Gasteiger partial charge in [0.1, 0.15) is 23.0 Å². The number of carbonyl (C=O) groups excluding carboxylic acids is 2. The van der Waals surface area contributed by atoms with E-state index in [1.165, 1.54) is 0 Å². The Balaban J connectivity index is 2.83. The molecule has 1 aromatic carbocycles. The number of alkyl carbamates (subject to hydrolysis) is 1. The molecule has 1 atom stereocenters. The van der Waals surface area contributed by atoms with Crippen LogP contribution in [0, 0.1) is 0 Å². The van der Waals surface area contributed by atoms with Gasteiger partial charge in [-0.3, -0.25) is 0 Å². The molecule has 1 amide bonds. The Bertz CT molecular complexity index is 611. The van der Waals surface area contributed by atoms with Gasteiger partial charge in [-0.15, -0.1) is 0 Å². The van der Waals surface area contributed by atoms with Crippen molar-refractivity contribution >= 4 is 12.1 Å². The fourth-order valence-corrected chi connectivity index (χ4v) is 2.23. The molecule has 0 bridgehead atoms. The second-order valence-electron chi connectivity index (χ2n) is 8.43. The Morgan fingerprint density at radius 3 is 2.07 bits per heavy atom. The Morgan fingerprint density at radius 1 is 1.00 bits per heavy atom. The van der Waals surface area contributed by atoms with Crippen LogP contribution in [0.2, 0.25) is 0 Å². The van der Waals surface area contributed by atoms with Gasteiger partial charge in [-0.05, 0) is 65.7 Å². The van der Waals surface area contributed by atoms with Gasteiger partial charge in [-0.1, -0.05) is 19.1 Å². The van der Waals surface area contributed by atoms with Crippen molar-refractivity contribution in [1.29, 1.82) is 0 Å². The van der Waals surface area contributed by atoms with Crippen molar-refractivity contribution in [3.8, 4) is 5.75 Å². The summed E-state index contributed by atoms with van der Waals surface area (Å²) in [7, 11) is 0. The summed E-state index contributed by atoms with van der Waals surface area (Å²) >= 11 is 0. The van der Waals surface area contributed by atoms with E-state index in [1.807, 2.05) is 52.0 Å². The van der Waals surface area contributed by atoms with Crippen LogP contribution in [0.15, 0.2) is 24.3 Å². The van der Waals surface area contributed by atoms with Crippen LogP contribution in [0.4, 0.5) is 4.79 Å². The number of esters is 1. The molecule has 0 aliphatic rings. The zero-order valence-electron chi connectivity index (χ0n) is 17.5. The molecule has 0 aliphatic carbocycles. The maximum absolute atomic E-state index is 12.3. The van der Waals surface area contributed by atoms with Gasteiger partial charge < -0.3 is 19.5 Å². The molecule has 0 fully saturated rings. The van der Waals surface area contributed by atoms with Crippen LogP contribution in [0.25, 0.3) is 0 Å². The van der Waals surface area contributed by atoms with Crippen LogP contribution < -0.4 is 10.1 Å². The van der Waals surface area contributed by atoms with Crippen LogP contribution in [0.3, 0.4) is 0 Å². The molecule has 0 saturated carbocycles. The van der Waals surface area contributed by atoms with Crippen molar-refractivity contribution < 1.29 is 23.8 Å². The fourth-order valence-electron chi connectivity index (χ4n) is 2.23. The third kappa shape index (κ3) is 9.87. The quantitative estimate of drug-likeness (QED) is 0.717. The highest BCUT2D eigenvalue weighted by molar-refractivity contribution is 5.81. The summed E-state index contributed by atoms with van der Waals surface area (Å²) in [5.41, 5.74) is -0.0500. The number of ether oxygens (including phenoxy) is 3. The molecule has 27 heavy (non-hydrogen) atoms. The van der Waals surface area contributed by atoms with Gasteiger partial charge in [0, 0.05) is 6.42 Å². The number of rotatable bonds is 7. The molecule has 0 heterocycles. The van der Waals surface area contributed by atoms with E-state index in [9.17, 15) is 9.59 Å². The van der Waals surface area contributed by atoms with Crippen LogP contribution in [-0.2, 0) is 20.7 Å². The molecule has 1 N–H and O–H groups in total. The molecule has 1 aromatic rings. The van der Waals surface area contributed by atoms with Crippen molar-refractivity contribution in [3.63, 3.8) is 0 Å². The van der Waals surface area contributed by atoms with Crippen LogP contribution in [-0.4, -0.2) is 35.9 Å². The van der Waals surface area contributed by atoms with Crippen molar-refractivity contribution in [2.45, 2.75) is 78.6 Å². The first-order valence-electron chi connectivity index (χ1n) is 9.34. The minimum atomic E-state index is -0.819. The lowest BCUT2D eigenvalue weighted by atomic mass is 10.1. The van der Waals surface area contributed by atoms with Gasteiger partial charge in [0.05, 0.1) is 6.61 Å². The number of benzene rings is 1. The van der Waals surface area contributed by atoms with E-state index >= 15 is 0 Å². The fraction of sp³-hybridized carbons (Fsp3) is 0.619. The lowest BCUT2D eigenvalue weighted by Gasteiger charge is -2.23. The van der Waals surface area contributed by atoms with E-state index in [-0.39, 0.29) is 5.60 Å². The van der Waals surface area contributed by atoms with E-state index < -0.39 is 23.7 Å². The van der Waals surface area contributed by atoms with E-state index in [1.54, 1.807) is 20.8 Å². The second kappa shape index (κ2) is 9.62. The monoisotopic (exact) mass is 379 g/mol. The Hall–Kier alpha value is -2.24. The Morgan fingerprint density at radius 2 is 1.59 bits per heavy atom. The van der Waals surface area contributed by atoms with Crippen LogP contribution >= 0.6 is 0 Å². The standard InChI is InChI=1S/C21H33NO5/c1-8-13-25-18(23)17(22-19(24)27-21(5,6)7)14-15-9-11-16(12-10-15)26-20(2,3)4/h9-12,17H,8,13-14H2,1-7H3,(H,22,24). The highest BCUT2D eigenvalue weighted by atomic mass is 16.6. The molecular formula is C21H33NO5. The number of nitrogens with one attached hydrogen (secondary N) is 1. The average molecular weight is 379 g/mol. The molecule has 0 aromatic heterocycles. The van der Waals surface area contributed by atoms with E-state index in [0.29, 0.717) is 19.4 Å². The summed E-state index contributed by atoms with van der Waals surface area (Å²) < 4.78 is 16.3. The zero-order chi connectivity index (χ0) is 20.7. The molecule has 0 aliphatic heterocycles. The number of hydrogen-bond acceptors (Lipinski definition) is 5. The first kappa shape index (κ1) is 22.8. The first-order chi connectivity index (χ1) is 12.4. The summed E-state index contributed by atoms with van der Waals surface area (Å²) in [6.07, 6.45) is 0.370. The summed E-state index contributed by atoms with van der Waals surface area (Å²) in [6, 6.07) is 6.63. The lowest BCUT2D eigenvalue weighted by molar-refractivity contribution is -0.146. The van der Waals surface area contributed by atoms with Crippen LogP contribution in [0.5, 0.6) is 5.75 Å². The largest absolute Gasteiger partial charge is 0.488 e. The lowest BCUT2D eigenvalue weighted by Crippen LogP contribution is -2.45. The van der Waals surface area contributed by atoms with Crippen molar-refractivity contribution in [2.24, 2.45) is 0 Å². The van der Waals surface area contributed by atoms with Crippen LogP contribution in [0.1, 0.15) is 60.5 Å². The van der Waals surface area contributed by atoms with Gasteiger partial charge in [0.25, 0.3) is 0 Å². The molecule has 6 nitrogen and oxygen atoms in total. The predicted molar refractivity (Wildman–Crippen MR) is 105 cm³/mol. The third-order valence-electron chi connectivity index (χ3n) is 3.21. The van der Waals surface area contributed by atoms with Crippen molar-refractivity contribution in [1.82, 2.24) is 5.32 Å². The molecule has 1 unspecified atom stereocenters. The van der Waals surface area contributed by atoms with Crippen molar-refractivity contribution in [2.75, 3.05) is 6.61 Å². The number of amides is 1. The molecule has 0 radical (unpaired) electrons. The average Bonchev–Trinajstić information content (AvgIpc) is 2.50. The van der Waals surface area contributed by atoms with Gasteiger partial charge in [-0.25, -0.2) is 9.59 Å². The summed E-state index contributed by atoms with van der Waals surface area (Å²) in [6.45, 7) is 13.5. The smallest absolute Gasteiger partial charge is 0.408 e. The van der Waals surface area contributed by atoms with Crippen molar-refractivity contribution in [3.05, 3.63) is 29.8 Å². The van der Waals surface area contributed by atoms with Gasteiger partial charge in [-0.2, -0.15) is 0 Å². The predicted octanol–water partition coefficient (Wildman–Crippen LogP) is 4.25. The van der Waals surface area contributed by atoms with Gasteiger partial charge in [0.15, 0.2) is 0 Å². The molecule has 0 spiro atoms. The summed E-state index contributed by atoms with van der Waals surface area (Å²) in [4.78, 5) is 24.4. The minimum absolute atomic E-state index is 0.285. The highest BCUT2D eigenvalue weighted by Crippen LogP contribution is 2.19. The SMILES string of the molecule is CCCOC(=O)C(Cc1ccc(OC(C)(C)C)cc1)NC(=O)OC(C)(C)C. The normalized spacial score (nSPS) is 12.9.